The maximum Gasteiger partial charge on any atom is 0.338 e. The average Bonchev–Trinajstić information content (AvgIpc) is 2.81. The van der Waals surface area contributed by atoms with E-state index >= 15 is 0 Å². The quantitative estimate of drug-likeness (QED) is 0.637. The molecule has 2 atom stereocenters. The second kappa shape index (κ2) is 5.90. The molecule has 0 aliphatic heterocycles. The lowest BCUT2D eigenvalue weighted by atomic mass is 9.98. The molecule has 2 unspecified atom stereocenters. The molecule has 6 heteroatoms. The first kappa shape index (κ1) is 14.3. The van der Waals surface area contributed by atoms with E-state index in [9.17, 15) is 14.9 Å². The van der Waals surface area contributed by atoms with E-state index < -0.39 is 10.9 Å². The van der Waals surface area contributed by atoms with Gasteiger partial charge in [0.1, 0.15) is 0 Å². The third-order valence-corrected chi connectivity index (χ3v) is 4.04. The van der Waals surface area contributed by atoms with Crippen molar-refractivity contribution in [2.24, 2.45) is 11.8 Å². The van der Waals surface area contributed by atoms with Crippen LogP contribution < -0.4 is 5.32 Å². The highest BCUT2D eigenvalue weighted by Crippen LogP contribution is 2.32. The van der Waals surface area contributed by atoms with Gasteiger partial charge >= 0.3 is 5.97 Å². The molecule has 0 radical (unpaired) electrons. The summed E-state index contributed by atoms with van der Waals surface area (Å²) >= 11 is 0. The van der Waals surface area contributed by atoms with E-state index in [1.807, 2.05) is 0 Å². The number of nitro groups is 1. The summed E-state index contributed by atoms with van der Waals surface area (Å²) in [6.45, 7) is 2.91. The van der Waals surface area contributed by atoms with Crippen molar-refractivity contribution in [2.75, 3.05) is 11.9 Å². The first-order valence-corrected chi connectivity index (χ1v) is 6.74. The molecule has 0 heterocycles. The Kier molecular flexibility index (Phi) is 4.22. The van der Waals surface area contributed by atoms with E-state index in [4.69, 9.17) is 5.11 Å². The van der Waals surface area contributed by atoms with Gasteiger partial charge in [0.15, 0.2) is 0 Å². The van der Waals surface area contributed by atoms with Crippen molar-refractivity contribution in [3.63, 3.8) is 0 Å². The summed E-state index contributed by atoms with van der Waals surface area (Å²) in [6, 6.07) is 3.90. The number of non-ortho nitro benzene ring substituents is 1. The molecule has 1 saturated carbocycles. The molecule has 0 spiro atoms. The lowest BCUT2D eigenvalue weighted by Crippen LogP contribution is -2.18. The lowest BCUT2D eigenvalue weighted by molar-refractivity contribution is -0.384. The molecule has 1 aliphatic carbocycles. The molecule has 0 aromatic heterocycles. The minimum atomic E-state index is -1.16. The van der Waals surface area contributed by atoms with Crippen LogP contribution in [0.15, 0.2) is 18.2 Å². The maximum atomic E-state index is 11.2. The first-order chi connectivity index (χ1) is 9.49. The van der Waals surface area contributed by atoms with Crippen LogP contribution in [0.5, 0.6) is 0 Å². The first-order valence-electron chi connectivity index (χ1n) is 6.74. The fourth-order valence-corrected chi connectivity index (χ4v) is 2.74. The number of nitro benzene ring substituents is 1. The maximum absolute atomic E-state index is 11.2. The van der Waals surface area contributed by atoms with Crippen molar-refractivity contribution in [1.29, 1.82) is 0 Å². The fraction of sp³-hybridized carbons (Fsp3) is 0.500. The van der Waals surface area contributed by atoms with Crippen LogP contribution in [0, 0.1) is 22.0 Å². The van der Waals surface area contributed by atoms with E-state index in [1.54, 1.807) is 0 Å². The smallest absolute Gasteiger partial charge is 0.338 e. The number of nitrogens with zero attached hydrogens (tertiary/aromatic N) is 1. The standard InChI is InChI=1S/C14H18N2O4/c1-9-3-2-4-10(9)8-15-13-6-5-11(16(19)20)7-12(13)14(17)18/h5-7,9-10,15H,2-4,8H2,1H3,(H,17,18). The van der Waals surface area contributed by atoms with Crippen molar-refractivity contribution >= 4 is 17.3 Å². The van der Waals surface area contributed by atoms with Crippen LogP contribution in [0.4, 0.5) is 11.4 Å². The Morgan fingerprint density at radius 1 is 1.50 bits per heavy atom. The monoisotopic (exact) mass is 278 g/mol. The zero-order valence-electron chi connectivity index (χ0n) is 11.3. The molecule has 1 aliphatic rings. The normalized spacial score (nSPS) is 21.6. The van der Waals surface area contributed by atoms with Crippen molar-refractivity contribution in [3.8, 4) is 0 Å². The fourth-order valence-electron chi connectivity index (χ4n) is 2.74. The van der Waals surface area contributed by atoms with E-state index in [1.165, 1.54) is 25.0 Å². The number of carboxylic acid groups (broad SMARTS) is 1. The number of aromatic carboxylic acids is 1. The summed E-state index contributed by atoms with van der Waals surface area (Å²) in [7, 11) is 0. The minimum Gasteiger partial charge on any atom is -0.478 e. The number of hydrogen-bond acceptors (Lipinski definition) is 4. The van der Waals surface area contributed by atoms with Crippen LogP contribution >= 0.6 is 0 Å². The van der Waals surface area contributed by atoms with E-state index in [0.717, 1.165) is 12.5 Å². The Bertz CT molecular complexity index is 530. The van der Waals surface area contributed by atoms with Crippen LogP contribution in [0.1, 0.15) is 36.5 Å². The number of nitrogens with one attached hydrogen (secondary N) is 1. The molecule has 2 rings (SSSR count). The number of carbonyl (C=O) groups is 1. The summed E-state index contributed by atoms with van der Waals surface area (Å²) in [4.78, 5) is 21.3. The zero-order chi connectivity index (χ0) is 14.7. The van der Waals surface area contributed by atoms with Gasteiger partial charge in [-0.25, -0.2) is 4.79 Å². The molecule has 0 bridgehead atoms. The van der Waals surface area contributed by atoms with Gasteiger partial charge in [0.2, 0.25) is 0 Å². The number of carboxylic acids is 1. The topological polar surface area (TPSA) is 92.5 Å². The van der Waals surface area contributed by atoms with Crippen LogP contribution in [0.25, 0.3) is 0 Å². The van der Waals surface area contributed by atoms with Gasteiger partial charge in [-0.05, 0) is 24.3 Å². The third kappa shape index (κ3) is 3.07. The third-order valence-electron chi connectivity index (χ3n) is 4.04. The molecule has 0 amide bonds. The van der Waals surface area contributed by atoms with Gasteiger partial charge < -0.3 is 10.4 Å². The predicted octanol–water partition coefficient (Wildman–Crippen LogP) is 3.14. The van der Waals surface area contributed by atoms with Gasteiger partial charge in [0, 0.05) is 24.4 Å². The van der Waals surface area contributed by atoms with E-state index in [-0.39, 0.29) is 11.3 Å². The van der Waals surface area contributed by atoms with Gasteiger partial charge in [-0.2, -0.15) is 0 Å². The summed E-state index contributed by atoms with van der Waals surface area (Å²) in [5, 5.41) is 23.0. The van der Waals surface area contributed by atoms with Crippen LogP contribution in [-0.4, -0.2) is 22.5 Å². The Balaban J connectivity index is 2.14. The second-order valence-electron chi connectivity index (χ2n) is 5.34. The second-order valence-corrected chi connectivity index (χ2v) is 5.34. The van der Waals surface area contributed by atoms with E-state index in [0.29, 0.717) is 24.1 Å². The SMILES string of the molecule is CC1CCCC1CNc1ccc([N+](=O)[O-])cc1C(=O)O. The molecule has 1 aromatic carbocycles. The van der Waals surface area contributed by atoms with E-state index in [2.05, 4.69) is 12.2 Å². The molecule has 6 nitrogen and oxygen atoms in total. The minimum absolute atomic E-state index is 0.0511. The van der Waals surface area contributed by atoms with Gasteiger partial charge in [0.05, 0.1) is 10.5 Å². The highest BCUT2D eigenvalue weighted by atomic mass is 16.6. The highest BCUT2D eigenvalue weighted by Gasteiger charge is 2.24. The summed E-state index contributed by atoms with van der Waals surface area (Å²) in [5.74, 6) is 0.0105. The Hall–Kier alpha value is -2.11. The molecule has 20 heavy (non-hydrogen) atoms. The number of benzene rings is 1. The van der Waals surface area contributed by atoms with Gasteiger partial charge in [-0.3, -0.25) is 10.1 Å². The highest BCUT2D eigenvalue weighted by molar-refractivity contribution is 5.95. The Morgan fingerprint density at radius 3 is 2.80 bits per heavy atom. The van der Waals surface area contributed by atoms with Gasteiger partial charge in [-0.15, -0.1) is 0 Å². The van der Waals surface area contributed by atoms with Crippen molar-refractivity contribution in [2.45, 2.75) is 26.2 Å². The van der Waals surface area contributed by atoms with Gasteiger partial charge in [-0.1, -0.05) is 19.8 Å². The molecule has 1 fully saturated rings. The summed E-state index contributed by atoms with van der Waals surface area (Å²) < 4.78 is 0. The number of rotatable bonds is 5. The molecule has 2 N–H and O–H groups in total. The Morgan fingerprint density at radius 2 is 2.25 bits per heavy atom. The molecular weight excluding hydrogens is 260 g/mol. The summed E-state index contributed by atoms with van der Waals surface area (Å²) in [6.07, 6.45) is 3.56. The predicted molar refractivity (Wildman–Crippen MR) is 75.1 cm³/mol. The Labute approximate surface area is 117 Å². The molecule has 0 saturated heterocycles. The number of hydrogen-bond donors (Lipinski definition) is 2. The zero-order valence-corrected chi connectivity index (χ0v) is 11.3. The van der Waals surface area contributed by atoms with Crippen molar-refractivity contribution < 1.29 is 14.8 Å². The van der Waals surface area contributed by atoms with Crippen molar-refractivity contribution in [1.82, 2.24) is 0 Å². The largest absolute Gasteiger partial charge is 0.478 e. The van der Waals surface area contributed by atoms with Gasteiger partial charge in [0.25, 0.3) is 5.69 Å². The molecule has 108 valence electrons. The van der Waals surface area contributed by atoms with Crippen LogP contribution in [0.2, 0.25) is 0 Å². The molecule has 1 aromatic rings. The van der Waals surface area contributed by atoms with Crippen LogP contribution in [0.3, 0.4) is 0 Å². The lowest BCUT2D eigenvalue weighted by Gasteiger charge is -2.17. The number of anilines is 1. The van der Waals surface area contributed by atoms with Crippen molar-refractivity contribution in [3.05, 3.63) is 33.9 Å². The van der Waals surface area contributed by atoms with Crippen LogP contribution in [-0.2, 0) is 0 Å². The average molecular weight is 278 g/mol. The molecular formula is C14H18N2O4. The summed E-state index contributed by atoms with van der Waals surface area (Å²) in [5.41, 5.74) is 0.189.